The second kappa shape index (κ2) is 8.42. The summed E-state index contributed by atoms with van der Waals surface area (Å²) in [6.07, 6.45) is 6.75. The highest BCUT2D eigenvalue weighted by atomic mass is 16.2. The zero-order chi connectivity index (χ0) is 16.7. The van der Waals surface area contributed by atoms with Crippen LogP contribution in [0, 0.1) is 0 Å². The fraction of sp³-hybridized carbons (Fsp3) is 0.421. The number of hydrogen-bond donors (Lipinski definition) is 0. The normalized spacial score (nSPS) is 14.8. The molecule has 0 spiro atoms. The number of amides is 2. The number of ketones is 1. The van der Waals surface area contributed by atoms with Gasteiger partial charge in [-0.15, -0.1) is 0 Å². The Morgan fingerprint density at radius 2 is 1.74 bits per heavy atom. The lowest BCUT2D eigenvalue weighted by atomic mass is 9.97. The van der Waals surface area contributed by atoms with Gasteiger partial charge in [0.05, 0.1) is 6.42 Å². The van der Waals surface area contributed by atoms with E-state index in [0.717, 1.165) is 36.1 Å². The minimum absolute atomic E-state index is 0.215. The number of allylic oxidation sites excluding steroid dienone is 1. The lowest BCUT2D eigenvalue weighted by Crippen LogP contribution is -2.37. The molecule has 4 nitrogen and oxygen atoms in total. The monoisotopic (exact) mass is 313 g/mol. The Bertz CT molecular complexity index is 604. The molecule has 0 atom stereocenters. The van der Waals surface area contributed by atoms with E-state index in [9.17, 15) is 14.4 Å². The number of imide groups is 1. The number of rotatable bonds is 7. The molecule has 1 heterocycles. The molecule has 0 saturated heterocycles. The van der Waals surface area contributed by atoms with Crippen molar-refractivity contribution >= 4 is 23.2 Å². The first-order valence-electron chi connectivity index (χ1n) is 8.28. The van der Waals surface area contributed by atoms with Crippen molar-refractivity contribution in [2.45, 2.75) is 51.9 Å². The van der Waals surface area contributed by atoms with Gasteiger partial charge in [-0.3, -0.25) is 19.3 Å². The van der Waals surface area contributed by atoms with Crippen LogP contribution in [0.2, 0.25) is 0 Å². The molecular weight excluding hydrogens is 290 g/mol. The predicted molar refractivity (Wildman–Crippen MR) is 89.3 cm³/mol. The third-order valence-electron chi connectivity index (χ3n) is 3.99. The Balaban J connectivity index is 2.05. The van der Waals surface area contributed by atoms with Crippen LogP contribution in [-0.4, -0.2) is 22.5 Å². The van der Waals surface area contributed by atoms with Crippen LogP contribution in [0.3, 0.4) is 0 Å². The number of benzene rings is 1. The molecule has 1 aliphatic rings. The van der Waals surface area contributed by atoms with Gasteiger partial charge >= 0.3 is 0 Å². The van der Waals surface area contributed by atoms with Crippen LogP contribution in [0.5, 0.6) is 0 Å². The summed E-state index contributed by atoms with van der Waals surface area (Å²) in [5.74, 6) is -0.867. The number of nitrogens with zero attached hydrogens (tertiary/aromatic N) is 1. The van der Waals surface area contributed by atoms with E-state index < -0.39 is 5.91 Å². The van der Waals surface area contributed by atoms with Crippen molar-refractivity contribution in [3.05, 3.63) is 42.1 Å². The molecule has 23 heavy (non-hydrogen) atoms. The van der Waals surface area contributed by atoms with Crippen LogP contribution in [0.25, 0.3) is 5.57 Å². The lowest BCUT2D eigenvalue weighted by Gasteiger charge is -2.23. The van der Waals surface area contributed by atoms with Gasteiger partial charge in [0, 0.05) is 18.2 Å². The minimum atomic E-state index is -0.423. The lowest BCUT2D eigenvalue weighted by molar-refractivity contribution is -0.142. The van der Waals surface area contributed by atoms with E-state index in [0.29, 0.717) is 12.0 Å². The van der Waals surface area contributed by atoms with Crippen molar-refractivity contribution in [3.8, 4) is 0 Å². The van der Waals surface area contributed by atoms with Crippen LogP contribution in [0.15, 0.2) is 36.5 Å². The van der Waals surface area contributed by atoms with Crippen molar-refractivity contribution in [2.24, 2.45) is 0 Å². The fourth-order valence-electron chi connectivity index (χ4n) is 2.66. The molecule has 1 aliphatic heterocycles. The van der Waals surface area contributed by atoms with Crippen molar-refractivity contribution in [2.75, 3.05) is 0 Å². The quantitative estimate of drug-likeness (QED) is 0.569. The number of unbranched alkanes of at least 4 members (excludes halogenated alkanes) is 4. The summed E-state index contributed by atoms with van der Waals surface area (Å²) in [4.78, 5) is 37.5. The van der Waals surface area contributed by atoms with E-state index in [1.54, 1.807) is 0 Å². The molecule has 0 N–H and O–H groups in total. The molecule has 0 fully saturated rings. The molecule has 0 aliphatic carbocycles. The van der Waals surface area contributed by atoms with E-state index in [1.807, 2.05) is 30.3 Å². The first-order valence-corrected chi connectivity index (χ1v) is 8.28. The molecule has 0 aromatic heterocycles. The van der Waals surface area contributed by atoms with Gasteiger partial charge in [0.15, 0.2) is 5.78 Å². The van der Waals surface area contributed by atoms with Crippen LogP contribution in [0.1, 0.15) is 57.4 Å². The van der Waals surface area contributed by atoms with Gasteiger partial charge in [0.25, 0.3) is 0 Å². The number of carbonyl (C=O) groups is 3. The van der Waals surface area contributed by atoms with E-state index in [1.165, 1.54) is 12.6 Å². The molecule has 0 saturated carbocycles. The van der Waals surface area contributed by atoms with Crippen molar-refractivity contribution in [3.63, 3.8) is 0 Å². The van der Waals surface area contributed by atoms with Crippen molar-refractivity contribution in [1.29, 1.82) is 0 Å². The Morgan fingerprint density at radius 1 is 1.04 bits per heavy atom. The van der Waals surface area contributed by atoms with Gasteiger partial charge in [-0.1, -0.05) is 62.9 Å². The zero-order valence-corrected chi connectivity index (χ0v) is 13.6. The number of carbonyl (C=O) groups excluding carboxylic acids is 3. The standard InChI is InChI=1S/C19H23NO3/c1-2-3-4-5-9-12-18(22)20-14-16(17(21)13-19(20)23)15-10-7-6-8-11-15/h6-8,10-11,14H,2-5,9,12-13H2,1H3. The van der Waals surface area contributed by atoms with E-state index >= 15 is 0 Å². The van der Waals surface area contributed by atoms with Gasteiger partial charge in [0.1, 0.15) is 0 Å². The van der Waals surface area contributed by atoms with Gasteiger partial charge in [-0.05, 0) is 12.0 Å². The maximum Gasteiger partial charge on any atom is 0.241 e. The highest BCUT2D eigenvalue weighted by Gasteiger charge is 2.29. The minimum Gasteiger partial charge on any atom is -0.294 e. The third-order valence-corrected chi connectivity index (χ3v) is 3.99. The largest absolute Gasteiger partial charge is 0.294 e. The second-order valence-corrected chi connectivity index (χ2v) is 5.83. The van der Waals surface area contributed by atoms with Gasteiger partial charge < -0.3 is 0 Å². The van der Waals surface area contributed by atoms with Gasteiger partial charge in [0.2, 0.25) is 11.8 Å². The average molecular weight is 313 g/mol. The Morgan fingerprint density at radius 3 is 2.43 bits per heavy atom. The first kappa shape index (κ1) is 17.1. The molecule has 2 rings (SSSR count). The van der Waals surface area contributed by atoms with Crippen LogP contribution < -0.4 is 0 Å². The fourth-order valence-corrected chi connectivity index (χ4v) is 2.66. The highest BCUT2D eigenvalue weighted by Crippen LogP contribution is 2.23. The topological polar surface area (TPSA) is 54.5 Å². The Labute approximate surface area is 137 Å². The van der Waals surface area contributed by atoms with Crippen molar-refractivity contribution < 1.29 is 14.4 Å². The summed E-state index contributed by atoms with van der Waals surface area (Å²) in [7, 11) is 0. The molecular formula is C19H23NO3. The van der Waals surface area contributed by atoms with Crippen LogP contribution in [-0.2, 0) is 14.4 Å². The van der Waals surface area contributed by atoms with Crippen LogP contribution >= 0.6 is 0 Å². The highest BCUT2D eigenvalue weighted by molar-refractivity contribution is 6.29. The number of hydrogen-bond acceptors (Lipinski definition) is 3. The van der Waals surface area contributed by atoms with Crippen molar-refractivity contribution in [1.82, 2.24) is 4.90 Å². The predicted octanol–water partition coefficient (Wildman–Crippen LogP) is 3.72. The smallest absolute Gasteiger partial charge is 0.241 e. The second-order valence-electron chi connectivity index (χ2n) is 5.83. The summed E-state index contributed by atoms with van der Waals surface area (Å²) in [6.45, 7) is 2.14. The van der Waals surface area contributed by atoms with Crippen LogP contribution in [0.4, 0.5) is 0 Å². The summed E-state index contributed by atoms with van der Waals surface area (Å²) in [6, 6.07) is 9.15. The molecule has 122 valence electrons. The average Bonchev–Trinajstić information content (AvgIpc) is 2.55. The van der Waals surface area contributed by atoms with E-state index in [2.05, 4.69) is 6.92 Å². The summed E-state index contributed by atoms with van der Waals surface area (Å²) in [5, 5.41) is 0. The molecule has 1 aromatic rings. The zero-order valence-electron chi connectivity index (χ0n) is 13.6. The maximum atomic E-state index is 12.3. The molecule has 0 radical (unpaired) electrons. The SMILES string of the molecule is CCCCCCCC(=O)N1C=C(c2ccccc2)C(=O)CC1=O. The summed E-state index contributed by atoms with van der Waals surface area (Å²) < 4.78 is 0. The molecule has 0 bridgehead atoms. The summed E-state index contributed by atoms with van der Waals surface area (Å²) >= 11 is 0. The first-order chi connectivity index (χ1) is 11.1. The summed E-state index contributed by atoms with van der Waals surface area (Å²) in [5.41, 5.74) is 1.18. The maximum absolute atomic E-state index is 12.3. The Kier molecular flexibility index (Phi) is 6.27. The van der Waals surface area contributed by atoms with E-state index in [4.69, 9.17) is 0 Å². The third kappa shape index (κ3) is 4.62. The molecule has 2 amide bonds. The van der Waals surface area contributed by atoms with Gasteiger partial charge in [-0.2, -0.15) is 0 Å². The van der Waals surface area contributed by atoms with E-state index in [-0.39, 0.29) is 18.1 Å². The molecule has 0 unspecified atom stereocenters. The number of Topliss-reactive ketones (excluding diaryl/α,β-unsaturated/α-hetero) is 1. The Hall–Kier alpha value is -2.23. The molecule has 4 heteroatoms. The van der Waals surface area contributed by atoms with Gasteiger partial charge in [-0.25, -0.2) is 0 Å². The molecule has 1 aromatic carbocycles.